The summed E-state index contributed by atoms with van der Waals surface area (Å²) >= 11 is 0. The topological polar surface area (TPSA) is 83.8 Å². The van der Waals surface area contributed by atoms with E-state index in [1.807, 2.05) is 61.5 Å². The molecule has 164 valence electrons. The molecule has 0 radical (unpaired) electrons. The van der Waals surface area contributed by atoms with Gasteiger partial charge in [-0.25, -0.2) is 0 Å². The van der Waals surface area contributed by atoms with Gasteiger partial charge < -0.3 is 19.8 Å². The van der Waals surface area contributed by atoms with E-state index in [1.54, 1.807) is 6.07 Å². The van der Waals surface area contributed by atoms with Crippen molar-refractivity contribution >= 4 is 17.5 Å². The summed E-state index contributed by atoms with van der Waals surface area (Å²) in [6, 6.07) is 18.7. The number of furan rings is 1. The molecule has 2 amide bonds. The van der Waals surface area contributed by atoms with E-state index in [0.29, 0.717) is 37.2 Å². The fraction of sp³-hybridized carbons (Fsp3) is 0.280. The smallest absolute Gasteiger partial charge is 0.258 e. The van der Waals surface area contributed by atoms with Gasteiger partial charge in [-0.1, -0.05) is 24.3 Å². The van der Waals surface area contributed by atoms with Gasteiger partial charge in [0.05, 0.1) is 12.1 Å². The van der Waals surface area contributed by atoms with Crippen LogP contribution < -0.4 is 15.4 Å². The molecule has 1 spiro atoms. The zero-order chi connectivity index (χ0) is 22.1. The first-order valence-electron chi connectivity index (χ1n) is 10.8. The summed E-state index contributed by atoms with van der Waals surface area (Å²) in [6.45, 7) is 3.49. The summed E-state index contributed by atoms with van der Waals surface area (Å²) in [6.07, 6.45) is 1.24. The zero-order valence-corrected chi connectivity index (χ0v) is 17.9. The van der Waals surface area contributed by atoms with Crippen LogP contribution in [0.4, 0.5) is 5.69 Å². The van der Waals surface area contributed by atoms with E-state index >= 15 is 0 Å². The molecule has 3 aromatic rings. The second-order valence-electron chi connectivity index (χ2n) is 8.36. The minimum atomic E-state index is -0.700. The third kappa shape index (κ3) is 4.11. The normalized spacial score (nSPS) is 17.3. The maximum Gasteiger partial charge on any atom is 0.258 e. The molecule has 3 heterocycles. The first kappa shape index (κ1) is 20.3. The Labute approximate surface area is 186 Å². The van der Waals surface area contributed by atoms with Gasteiger partial charge in [0.15, 0.2) is 5.72 Å². The highest BCUT2D eigenvalue weighted by molar-refractivity contribution is 5.98. The highest BCUT2D eigenvalue weighted by atomic mass is 16.5. The van der Waals surface area contributed by atoms with Crippen molar-refractivity contribution in [1.82, 2.24) is 10.2 Å². The summed E-state index contributed by atoms with van der Waals surface area (Å²) < 4.78 is 11.8. The van der Waals surface area contributed by atoms with Crippen molar-refractivity contribution in [2.24, 2.45) is 0 Å². The molecule has 0 aliphatic carbocycles. The van der Waals surface area contributed by atoms with E-state index in [9.17, 15) is 9.59 Å². The van der Waals surface area contributed by atoms with Gasteiger partial charge in [-0.05, 0) is 43.3 Å². The number of fused-ring (bicyclic) bond motifs is 1. The standard InChI is InChI=1S/C25H25N3O4/c1-17-9-10-21(31-17)18-5-4-6-19(15-18)26-23(29)16-28-13-11-25(12-14-28)27-24(30)20-7-2-3-8-22(20)32-25/h2-10,15H,11-14,16H2,1H3,(H,26,29)(H,27,30). The van der Waals surface area contributed by atoms with Crippen molar-refractivity contribution in [1.29, 1.82) is 0 Å². The highest BCUT2D eigenvalue weighted by Crippen LogP contribution is 2.33. The summed E-state index contributed by atoms with van der Waals surface area (Å²) in [5, 5.41) is 6.00. The number of carbonyl (C=O) groups is 2. The number of nitrogens with one attached hydrogen (secondary N) is 2. The minimum absolute atomic E-state index is 0.0762. The SMILES string of the molecule is Cc1ccc(-c2cccc(NC(=O)CN3CCC4(CC3)NC(=O)c3ccccc3O4)c2)o1. The summed E-state index contributed by atoms with van der Waals surface area (Å²) in [7, 11) is 0. The number of likely N-dealkylation sites (tertiary alicyclic amines) is 1. The Hall–Kier alpha value is -3.58. The Bertz CT molecular complexity index is 1160. The third-order valence-electron chi connectivity index (χ3n) is 5.98. The summed E-state index contributed by atoms with van der Waals surface area (Å²) in [4.78, 5) is 27.2. The van der Waals surface area contributed by atoms with Gasteiger partial charge >= 0.3 is 0 Å². The number of hydrogen-bond donors (Lipinski definition) is 2. The van der Waals surface area contributed by atoms with Crippen molar-refractivity contribution < 1.29 is 18.7 Å². The van der Waals surface area contributed by atoms with Gasteiger partial charge in [0, 0.05) is 37.2 Å². The first-order chi connectivity index (χ1) is 15.5. The van der Waals surface area contributed by atoms with Crippen molar-refractivity contribution in [3.05, 3.63) is 72.0 Å². The predicted molar refractivity (Wildman–Crippen MR) is 120 cm³/mol. The molecule has 7 heteroatoms. The lowest BCUT2D eigenvalue weighted by Gasteiger charge is -2.44. The van der Waals surface area contributed by atoms with Gasteiger partial charge in [-0.3, -0.25) is 14.5 Å². The molecular weight excluding hydrogens is 406 g/mol. The number of carbonyl (C=O) groups excluding carboxylic acids is 2. The number of benzene rings is 2. The fourth-order valence-corrected chi connectivity index (χ4v) is 4.30. The van der Waals surface area contributed by atoms with E-state index in [4.69, 9.17) is 9.15 Å². The number of piperidine rings is 1. The van der Waals surface area contributed by atoms with Crippen molar-refractivity contribution in [3.63, 3.8) is 0 Å². The zero-order valence-electron chi connectivity index (χ0n) is 17.9. The van der Waals surface area contributed by atoms with Gasteiger partial charge in [0.25, 0.3) is 5.91 Å². The van der Waals surface area contributed by atoms with Crippen LogP contribution in [0.25, 0.3) is 11.3 Å². The molecule has 2 N–H and O–H groups in total. The quantitative estimate of drug-likeness (QED) is 0.656. The lowest BCUT2D eigenvalue weighted by Crippen LogP contribution is -2.61. The van der Waals surface area contributed by atoms with E-state index < -0.39 is 5.72 Å². The maximum atomic E-state index is 12.6. The Balaban J connectivity index is 1.18. The number of para-hydroxylation sites is 1. The number of nitrogens with zero attached hydrogens (tertiary/aromatic N) is 1. The molecule has 5 rings (SSSR count). The molecule has 0 unspecified atom stereocenters. The number of rotatable bonds is 4. The molecule has 32 heavy (non-hydrogen) atoms. The fourth-order valence-electron chi connectivity index (χ4n) is 4.30. The second kappa shape index (κ2) is 8.16. The molecule has 0 saturated carbocycles. The third-order valence-corrected chi connectivity index (χ3v) is 5.98. The van der Waals surface area contributed by atoms with Crippen molar-refractivity contribution in [2.45, 2.75) is 25.5 Å². The minimum Gasteiger partial charge on any atom is -0.467 e. The average Bonchev–Trinajstić information content (AvgIpc) is 3.22. The van der Waals surface area contributed by atoms with Crippen LogP contribution in [-0.2, 0) is 4.79 Å². The van der Waals surface area contributed by atoms with Crippen molar-refractivity contribution in [3.8, 4) is 17.1 Å². The molecule has 1 saturated heterocycles. The molecule has 2 aliphatic heterocycles. The molecule has 0 atom stereocenters. The summed E-state index contributed by atoms with van der Waals surface area (Å²) in [5.74, 6) is 2.06. The van der Waals surface area contributed by atoms with Crippen LogP contribution in [0.15, 0.2) is 65.1 Å². The lowest BCUT2D eigenvalue weighted by atomic mass is 9.97. The molecule has 1 aromatic heterocycles. The van der Waals surface area contributed by atoms with Gasteiger partial charge in [0.2, 0.25) is 5.91 Å². The van der Waals surface area contributed by atoms with Crippen LogP contribution >= 0.6 is 0 Å². The maximum absolute atomic E-state index is 12.6. The van der Waals surface area contributed by atoms with Crippen LogP contribution in [0.5, 0.6) is 5.75 Å². The molecular formula is C25H25N3O4. The predicted octanol–water partition coefficient (Wildman–Crippen LogP) is 3.81. The molecule has 0 bridgehead atoms. The van der Waals surface area contributed by atoms with E-state index in [0.717, 1.165) is 22.8 Å². The van der Waals surface area contributed by atoms with Crippen LogP contribution in [0.3, 0.4) is 0 Å². The largest absolute Gasteiger partial charge is 0.467 e. The Kier molecular flexibility index (Phi) is 5.19. The Morgan fingerprint density at radius 2 is 1.91 bits per heavy atom. The number of aryl methyl sites for hydroxylation is 1. The van der Waals surface area contributed by atoms with E-state index in [-0.39, 0.29) is 18.4 Å². The second-order valence-corrected chi connectivity index (χ2v) is 8.36. The molecule has 2 aliphatic rings. The van der Waals surface area contributed by atoms with Crippen molar-refractivity contribution in [2.75, 3.05) is 25.0 Å². The van der Waals surface area contributed by atoms with Crippen LogP contribution in [0, 0.1) is 6.92 Å². The Morgan fingerprint density at radius 1 is 1.09 bits per heavy atom. The molecule has 7 nitrogen and oxygen atoms in total. The van der Waals surface area contributed by atoms with Gasteiger partial charge in [-0.15, -0.1) is 0 Å². The van der Waals surface area contributed by atoms with E-state index in [1.165, 1.54) is 0 Å². The molecule has 2 aromatic carbocycles. The summed E-state index contributed by atoms with van der Waals surface area (Å²) in [5.41, 5.74) is 1.51. The number of anilines is 1. The van der Waals surface area contributed by atoms with Gasteiger partial charge in [-0.2, -0.15) is 0 Å². The average molecular weight is 431 g/mol. The lowest BCUT2D eigenvalue weighted by molar-refractivity contribution is -0.118. The van der Waals surface area contributed by atoms with Gasteiger partial charge in [0.1, 0.15) is 17.3 Å². The van der Waals surface area contributed by atoms with E-state index in [2.05, 4.69) is 15.5 Å². The monoisotopic (exact) mass is 431 g/mol. The number of amides is 2. The number of hydrogen-bond acceptors (Lipinski definition) is 5. The Morgan fingerprint density at radius 3 is 2.69 bits per heavy atom. The van der Waals surface area contributed by atoms with Crippen LogP contribution in [0.2, 0.25) is 0 Å². The highest BCUT2D eigenvalue weighted by Gasteiger charge is 2.42. The first-order valence-corrected chi connectivity index (χ1v) is 10.8. The van der Waals surface area contributed by atoms with Crippen LogP contribution in [-0.4, -0.2) is 42.1 Å². The number of ether oxygens (including phenoxy) is 1. The van der Waals surface area contributed by atoms with Crippen LogP contribution in [0.1, 0.15) is 29.0 Å². The molecule has 1 fully saturated rings.